The molecule has 0 aliphatic heterocycles. The Bertz CT molecular complexity index is 1320. The molecule has 176 valence electrons. The highest BCUT2D eigenvalue weighted by atomic mass is 35.5. The van der Waals surface area contributed by atoms with Crippen molar-refractivity contribution >= 4 is 51.8 Å². The van der Waals surface area contributed by atoms with E-state index in [1.54, 1.807) is 12.1 Å². The molecule has 0 bridgehead atoms. The molecule has 8 nitrogen and oxygen atoms in total. The molecule has 10 heteroatoms. The molecule has 0 spiro atoms. The van der Waals surface area contributed by atoms with Crippen LogP contribution in [0.25, 0.3) is 11.0 Å². The Kier molecular flexibility index (Phi) is 6.90. The van der Waals surface area contributed by atoms with E-state index in [1.807, 2.05) is 35.9 Å². The molecule has 1 aromatic carbocycles. The van der Waals surface area contributed by atoms with Crippen molar-refractivity contribution in [1.29, 1.82) is 0 Å². The number of anilines is 2. The lowest BCUT2D eigenvalue weighted by molar-refractivity contribution is 0.251. The summed E-state index contributed by atoms with van der Waals surface area (Å²) in [6.07, 6.45) is 0. The third-order valence-corrected chi connectivity index (χ3v) is 5.71. The van der Waals surface area contributed by atoms with Crippen molar-refractivity contribution < 1.29 is 4.79 Å². The molecule has 2 N–H and O–H groups in total. The normalized spacial score (nSPS) is 11.1. The van der Waals surface area contributed by atoms with Gasteiger partial charge >= 0.3 is 6.03 Å². The van der Waals surface area contributed by atoms with Gasteiger partial charge in [0, 0.05) is 18.1 Å². The van der Waals surface area contributed by atoms with E-state index in [2.05, 4.69) is 41.7 Å². The fraction of sp³-hybridized carbons (Fsp3) is 0.250. The topological polar surface area (TPSA) is 88.0 Å². The summed E-state index contributed by atoms with van der Waals surface area (Å²) in [5.74, 6) is 0.826. The van der Waals surface area contributed by atoms with Crippen LogP contribution >= 0.6 is 23.2 Å². The summed E-state index contributed by atoms with van der Waals surface area (Å²) in [5.41, 5.74) is 7.14. The summed E-state index contributed by atoms with van der Waals surface area (Å²) in [6.45, 7) is 6.85. The van der Waals surface area contributed by atoms with Crippen molar-refractivity contribution in [2.75, 3.05) is 17.4 Å². The Morgan fingerprint density at radius 3 is 2.41 bits per heavy atom. The summed E-state index contributed by atoms with van der Waals surface area (Å²) in [7, 11) is 1.73. The van der Waals surface area contributed by atoms with Crippen LogP contribution in [0.3, 0.4) is 0 Å². The lowest BCUT2D eigenvalue weighted by Crippen LogP contribution is -2.42. The lowest BCUT2D eigenvalue weighted by atomic mass is 9.99. The predicted molar refractivity (Wildman–Crippen MR) is 137 cm³/mol. The number of fused-ring (bicyclic) bond motifs is 1. The number of benzene rings is 1. The van der Waals surface area contributed by atoms with Gasteiger partial charge in [0.25, 0.3) is 0 Å². The third kappa shape index (κ3) is 5.24. The van der Waals surface area contributed by atoms with Crippen LogP contribution in [0.4, 0.5) is 16.3 Å². The van der Waals surface area contributed by atoms with Gasteiger partial charge in [0.2, 0.25) is 0 Å². The van der Waals surface area contributed by atoms with E-state index in [0.29, 0.717) is 18.1 Å². The van der Waals surface area contributed by atoms with Crippen molar-refractivity contribution in [3.05, 3.63) is 75.7 Å². The van der Waals surface area contributed by atoms with Gasteiger partial charge in [0.05, 0.1) is 12.2 Å². The smallest absolute Gasteiger partial charge is 0.306 e. The number of pyridine rings is 2. The molecule has 0 aliphatic carbocycles. The zero-order valence-electron chi connectivity index (χ0n) is 19.3. The molecule has 0 atom stereocenters. The minimum Gasteiger partial charge on any atom is -0.306 e. The Hall–Kier alpha value is -3.36. The van der Waals surface area contributed by atoms with Crippen molar-refractivity contribution in [2.45, 2.75) is 33.2 Å². The Morgan fingerprint density at radius 1 is 1.09 bits per heavy atom. The van der Waals surface area contributed by atoms with Gasteiger partial charge in [-0.05, 0) is 42.2 Å². The number of nitrogens with one attached hydrogen (secondary N) is 2. The number of hydrogen-bond donors (Lipinski definition) is 2. The van der Waals surface area contributed by atoms with E-state index in [-0.39, 0.29) is 16.2 Å². The molecule has 0 radical (unpaired) electrons. The van der Waals surface area contributed by atoms with Crippen LogP contribution in [0.1, 0.15) is 36.6 Å². The Balaban J connectivity index is 1.64. The maximum Gasteiger partial charge on any atom is 0.338 e. The molecule has 0 fully saturated rings. The number of rotatable bonds is 6. The quantitative estimate of drug-likeness (QED) is 0.260. The minimum atomic E-state index is -0.470. The Morgan fingerprint density at radius 2 is 1.76 bits per heavy atom. The van der Waals surface area contributed by atoms with Gasteiger partial charge in [-0.25, -0.2) is 24.9 Å². The van der Waals surface area contributed by atoms with Gasteiger partial charge in [-0.1, -0.05) is 67.4 Å². The molecule has 4 rings (SSSR count). The molecular formula is C24H25Cl2N7O. The first-order chi connectivity index (χ1) is 16.2. The summed E-state index contributed by atoms with van der Waals surface area (Å²) in [6, 6.07) is 14.7. The van der Waals surface area contributed by atoms with Crippen LogP contribution in [-0.4, -0.2) is 32.8 Å². The maximum absolute atomic E-state index is 12.6. The number of amides is 2. The van der Waals surface area contributed by atoms with Gasteiger partial charge in [-0.2, -0.15) is 5.10 Å². The highest BCUT2D eigenvalue weighted by Gasteiger charge is 2.19. The zero-order chi connectivity index (χ0) is 24.4. The number of hydrazine groups is 1. The van der Waals surface area contributed by atoms with Crippen LogP contribution in [0.15, 0.2) is 48.5 Å². The number of carbonyl (C=O) groups is 1. The molecule has 3 aromatic heterocycles. The second-order valence-electron chi connectivity index (χ2n) is 8.28. The van der Waals surface area contributed by atoms with Crippen LogP contribution in [0.2, 0.25) is 10.3 Å². The molecule has 0 saturated carbocycles. The van der Waals surface area contributed by atoms with Crippen LogP contribution < -0.4 is 15.8 Å². The predicted octanol–water partition coefficient (Wildman–Crippen LogP) is 5.79. The maximum atomic E-state index is 12.6. The number of aryl methyl sites for hydroxylation is 1. The van der Waals surface area contributed by atoms with E-state index in [0.717, 1.165) is 27.9 Å². The van der Waals surface area contributed by atoms with E-state index < -0.39 is 6.03 Å². The molecule has 34 heavy (non-hydrogen) atoms. The molecule has 0 aliphatic rings. The van der Waals surface area contributed by atoms with Crippen molar-refractivity contribution in [1.82, 2.24) is 25.2 Å². The standard InChI is InChI=1S/C24H25Cl2N7O/c1-14(2)18-12-21(32(4)31-24(34)27-17-10-19(25)28-20(26)11-17)29-23-22(18)15(3)30-33(23)13-16-8-6-5-7-9-16/h5-12,14H,13H2,1-4H3,(H2,27,28,31,34). The minimum absolute atomic E-state index is 0.187. The van der Waals surface area contributed by atoms with Gasteiger partial charge in [0.1, 0.15) is 16.1 Å². The SMILES string of the molecule is Cc1nn(Cc2ccccc2)c2nc(N(C)NC(=O)Nc3cc(Cl)nc(Cl)c3)cc(C(C)C)c12. The highest BCUT2D eigenvalue weighted by Crippen LogP contribution is 2.30. The monoisotopic (exact) mass is 497 g/mol. The van der Waals surface area contributed by atoms with Crippen molar-refractivity contribution in [2.24, 2.45) is 0 Å². The highest BCUT2D eigenvalue weighted by molar-refractivity contribution is 6.33. The first-order valence-corrected chi connectivity index (χ1v) is 11.5. The number of hydrogen-bond acceptors (Lipinski definition) is 5. The second kappa shape index (κ2) is 9.87. The molecule has 0 saturated heterocycles. The number of aromatic nitrogens is 4. The van der Waals surface area contributed by atoms with Gasteiger partial charge < -0.3 is 5.32 Å². The summed E-state index contributed by atoms with van der Waals surface area (Å²) in [4.78, 5) is 21.3. The largest absolute Gasteiger partial charge is 0.338 e. The van der Waals surface area contributed by atoms with Crippen LogP contribution in [-0.2, 0) is 6.54 Å². The lowest BCUT2D eigenvalue weighted by Gasteiger charge is -2.21. The van der Waals surface area contributed by atoms with Gasteiger partial charge in [-0.3, -0.25) is 5.01 Å². The molecular weight excluding hydrogens is 473 g/mol. The van der Waals surface area contributed by atoms with E-state index in [4.69, 9.17) is 33.3 Å². The Labute approximate surface area is 207 Å². The summed E-state index contributed by atoms with van der Waals surface area (Å²) < 4.78 is 1.91. The molecule has 4 aromatic rings. The first kappa shape index (κ1) is 23.8. The average Bonchev–Trinajstić information content (AvgIpc) is 3.08. The average molecular weight is 498 g/mol. The van der Waals surface area contributed by atoms with Crippen LogP contribution in [0, 0.1) is 6.92 Å². The number of urea groups is 1. The third-order valence-electron chi connectivity index (χ3n) is 5.33. The number of nitrogens with zero attached hydrogens (tertiary/aromatic N) is 5. The van der Waals surface area contributed by atoms with E-state index in [1.165, 1.54) is 12.1 Å². The fourth-order valence-corrected chi connectivity index (χ4v) is 4.23. The van der Waals surface area contributed by atoms with E-state index in [9.17, 15) is 4.79 Å². The van der Waals surface area contributed by atoms with Gasteiger partial charge in [-0.15, -0.1) is 0 Å². The zero-order valence-corrected chi connectivity index (χ0v) is 20.8. The number of carbonyl (C=O) groups excluding carboxylic acids is 1. The molecule has 0 unspecified atom stereocenters. The number of halogens is 2. The van der Waals surface area contributed by atoms with E-state index >= 15 is 0 Å². The van der Waals surface area contributed by atoms with Gasteiger partial charge in [0.15, 0.2) is 5.65 Å². The van der Waals surface area contributed by atoms with Crippen molar-refractivity contribution in [3.8, 4) is 0 Å². The molecule has 3 heterocycles. The second-order valence-corrected chi connectivity index (χ2v) is 9.05. The first-order valence-electron chi connectivity index (χ1n) is 10.8. The van der Waals surface area contributed by atoms with Crippen LogP contribution in [0.5, 0.6) is 0 Å². The fourth-order valence-electron chi connectivity index (χ4n) is 3.77. The summed E-state index contributed by atoms with van der Waals surface area (Å²) in [5, 5.41) is 10.4. The van der Waals surface area contributed by atoms with Crippen molar-refractivity contribution in [3.63, 3.8) is 0 Å². The summed E-state index contributed by atoms with van der Waals surface area (Å²) >= 11 is 11.8. The molecule has 2 amide bonds.